The first-order valence-electron chi connectivity index (χ1n) is 7.95. The minimum Gasteiger partial charge on any atom is -0.351 e. The van der Waals surface area contributed by atoms with Crippen LogP contribution < -0.4 is 0 Å². The Labute approximate surface area is 138 Å². The summed E-state index contributed by atoms with van der Waals surface area (Å²) in [6.45, 7) is 4.84. The van der Waals surface area contributed by atoms with Crippen molar-refractivity contribution in [1.82, 2.24) is 9.80 Å². The van der Waals surface area contributed by atoms with E-state index >= 15 is 0 Å². The lowest BCUT2D eigenvalue weighted by molar-refractivity contribution is -0.114. The zero-order valence-corrected chi connectivity index (χ0v) is 14.6. The van der Waals surface area contributed by atoms with Gasteiger partial charge in [0.15, 0.2) is 0 Å². The van der Waals surface area contributed by atoms with Gasteiger partial charge in [-0.1, -0.05) is 37.6 Å². The summed E-state index contributed by atoms with van der Waals surface area (Å²) >= 11 is 1.69. The molecule has 0 saturated heterocycles. The molecule has 2 rings (SSSR count). The molecule has 1 aromatic carbocycles. The van der Waals surface area contributed by atoms with E-state index in [1.54, 1.807) is 18.7 Å². The summed E-state index contributed by atoms with van der Waals surface area (Å²) in [5.41, 5.74) is 3.03. The standard InChI is InChI=1S/C18H26N2OS/c1-4-5-16-6-8-17(9-7-16)10-11-20-13-12-19(3)18(20)22-14-15(2)21/h6-9,12-13,18H,4-5,10-11,14H2,1-3H3. The van der Waals surface area contributed by atoms with Gasteiger partial charge in [-0.05, 0) is 30.9 Å². The molecular weight excluding hydrogens is 292 g/mol. The highest BCUT2D eigenvalue weighted by Crippen LogP contribution is 2.25. The van der Waals surface area contributed by atoms with Crippen LogP contribution in [0.5, 0.6) is 0 Å². The van der Waals surface area contributed by atoms with Crippen LogP contribution in [0.15, 0.2) is 36.7 Å². The Hall–Kier alpha value is -1.42. The molecule has 0 fully saturated rings. The molecule has 0 aromatic heterocycles. The second-order valence-electron chi connectivity index (χ2n) is 5.86. The Kier molecular flexibility index (Phi) is 6.37. The van der Waals surface area contributed by atoms with E-state index in [9.17, 15) is 4.79 Å². The number of carbonyl (C=O) groups is 1. The molecule has 1 atom stereocenters. The van der Waals surface area contributed by atoms with Crippen LogP contribution in [0.4, 0.5) is 0 Å². The second-order valence-corrected chi connectivity index (χ2v) is 6.90. The SMILES string of the molecule is CCCc1ccc(CCN2C=CN(C)C2SCC(C)=O)cc1. The zero-order chi connectivity index (χ0) is 15.9. The van der Waals surface area contributed by atoms with Gasteiger partial charge in [-0.2, -0.15) is 0 Å². The maximum absolute atomic E-state index is 11.2. The van der Waals surface area contributed by atoms with E-state index in [0.29, 0.717) is 5.75 Å². The van der Waals surface area contributed by atoms with Crippen molar-refractivity contribution in [1.29, 1.82) is 0 Å². The van der Waals surface area contributed by atoms with Crippen LogP contribution in [0.1, 0.15) is 31.4 Å². The van der Waals surface area contributed by atoms with Crippen LogP contribution in [-0.2, 0) is 17.6 Å². The monoisotopic (exact) mass is 318 g/mol. The molecule has 4 heteroatoms. The molecule has 1 heterocycles. The number of rotatable bonds is 8. The number of hydrogen-bond acceptors (Lipinski definition) is 4. The summed E-state index contributed by atoms with van der Waals surface area (Å²) in [4.78, 5) is 15.7. The number of benzene rings is 1. The number of thioether (sulfide) groups is 1. The van der Waals surface area contributed by atoms with Gasteiger partial charge in [0.1, 0.15) is 11.3 Å². The quantitative estimate of drug-likeness (QED) is 0.732. The third kappa shape index (κ3) is 4.80. The smallest absolute Gasteiger partial charge is 0.150 e. The predicted molar refractivity (Wildman–Crippen MR) is 94.7 cm³/mol. The van der Waals surface area contributed by atoms with Gasteiger partial charge in [0.25, 0.3) is 0 Å². The maximum Gasteiger partial charge on any atom is 0.150 e. The van der Waals surface area contributed by atoms with Crippen molar-refractivity contribution >= 4 is 17.5 Å². The third-order valence-electron chi connectivity index (χ3n) is 3.78. The Morgan fingerprint density at radius 2 is 1.77 bits per heavy atom. The molecule has 22 heavy (non-hydrogen) atoms. The molecule has 0 saturated carbocycles. The lowest BCUT2D eigenvalue weighted by Gasteiger charge is -2.29. The lowest BCUT2D eigenvalue weighted by Crippen LogP contribution is -2.35. The first-order chi connectivity index (χ1) is 10.6. The van der Waals surface area contributed by atoms with E-state index in [1.165, 1.54) is 17.5 Å². The second kappa shape index (κ2) is 8.28. The lowest BCUT2D eigenvalue weighted by atomic mass is 10.1. The summed E-state index contributed by atoms with van der Waals surface area (Å²) in [5, 5.41) is 0. The number of aryl methyl sites for hydroxylation is 1. The number of Topliss-reactive ketones (excluding diaryl/α,β-unsaturated/α-hetero) is 1. The van der Waals surface area contributed by atoms with E-state index in [0.717, 1.165) is 19.4 Å². The fourth-order valence-corrected chi connectivity index (χ4v) is 3.64. The van der Waals surface area contributed by atoms with Crippen LogP contribution >= 0.6 is 11.8 Å². The maximum atomic E-state index is 11.2. The molecule has 1 aromatic rings. The van der Waals surface area contributed by atoms with Crippen LogP contribution in [0, 0.1) is 0 Å². The van der Waals surface area contributed by atoms with Gasteiger partial charge >= 0.3 is 0 Å². The number of nitrogens with zero attached hydrogens (tertiary/aromatic N) is 2. The molecule has 3 nitrogen and oxygen atoms in total. The van der Waals surface area contributed by atoms with Gasteiger partial charge in [0.05, 0.1) is 5.75 Å². The fraction of sp³-hybridized carbons (Fsp3) is 0.500. The molecule has 1 unspecified atom stereocenters. The van der Waals surface area contributed by atoms with Crippen molar-refractivity contribution < 1.29 is 4.79 Å². The predicted octanol–water partition coefficient (Wildman–Crippen LogP) is 3.51. The van der Waals surface area contributed by atoms with Crippen LogP contribution in [0.2, 0.25) is 0 Å². The van der Waals surface area contributed by atoms with Crippen molar-refractivity contribution in [2.24, 2.45) is 0 Å². The Morgan fingerprint density at radius 3 is 2.36 bits per heavy atom. The van der Waals surface area contributed by atoms with Crippen molar-refractivity contribution in [2.45, 2.75) is 38.6 Å². The van der Waals surface area contributed by atoms with E-state index in [4.69, 9.17) is 0 Å². The Bertz CT molecular complexity index is 512. The minimum atomic E-state index is 0.233. The highest BCUT2D eigenvalue weighted by Gasteiger charge is 2.23. The number of ketones is 1. The normalized spacial score (nSPS) is 17.3. The van der Waals surface area contributed by atoms with Crippen LogP contribution in [0.3, 0.4) is 0 Å². The Morgan fingerprint density at radius 1 is 1.14 bits per heavy atom. The summed E-state index contributed by atoms with van der Waals surface area (Å²) in [7, 11) is 2.06. The van der Waals surface area contributed by atoms with E-state index in [1.807, 2.05) is 0 Å². The van der Waals surface area contributed by atoms with Gasteiger partial charge in [0.2, 0.25) is 0 Å². The van der Waals surface area contributed by atoms with Gasteiger partial charge < -0.3 is 9.80 Å². The molecular formula is C18H26N2OS. The van der Waals surface area contributed by atoms with Gasteiger partial charge in [-0.15, -0.1) is 11.8 Å². The summed E-state index contributed by atoms with van der Waals surface area (Å²) in [5.74, 6) is 0.801. The third-order valence-corrected chi connectivity index (χ3v) is 5.26. The van der Waals surface area contributed by atoms with Crippen LogP contribution in [0.25, 0.3) is 0 Å². The van der Waals surface area contributed by atoms with Gasteiger partial charge in [-0.25, -0.2) is 0 Å². The van der Waals surface area contributed by atoms with Crippen molar-refractivity contribution in [2.75, 3.05) is 19.3 Å². The van der Waals surface area contributed by atoms with Crippen molar-refractivity contribution in [3.8, 4) is 0 Å². The summed E-state index contributed by atoms with van der Waals surface area (Å²) < 4.78 is 0. The molecule has 0 aliphatic carbocycles. The molecule has 1 aliphatic rings. The van der Waals surface area contributed by atoms with Crippen molar-refractivity contribution in [3.05, 3.63) is 47.8 Å². The first kappa shape index (κ1) is 16.9. The Balaban J connectivity index is 1.86. The average molecular weight is 318 g/mol. The van der Waals surface area contributed by atoms with Crippen molar-refractivity contribution in [3.63, 3.8) is 0 Å². The average Bonchev–Trinajstić information content (AvgIpc) is 2.85. The highest BCUT2D eigenvalue weighted by atomic mass is 32.2. The molecule has 0 amide bonds. The molecule has 120 valence electrons. The molecule has 1 aliphatic heterocycles. The topological polar surface area (TPSA) is 23.6 Å². The number of carbonyl (C=O) groups excluding carboxylic acids is 1. The van der Waals surface area contributed by atoms with Gasteiger partial charge in [0, 0.05) is 26.0 Å². The van der Waals surface area contributed by atoms with E-state index in [-0.39, 0.29) is 11.3 Å². The fourth-order valence-electron chi connectivity index (χ4n) is 2.58. The summed E-state index contributed by atoms with van der Waals surface area (Å²) in [6, 6.07) is 8.97. The molecule has 0 spiro atoms. The summed E-state index contributed by atoms with van der Waals surface area (Å²) in [6.07, 6.45) is 7.59. The van der Waals surface area contributed by atoms with Gasteiger partial charge in [-0.3, -0.25) is 4.79 Å². The largest absolute Gasteiger partial charge is 0.351 e. The number of hydrogen-bond donors (Lipinski definition) is 0. The van der Waals surface area contributed by atoms with E-state index < -0.39 is 0 Å². The molecule has 0 radical (unpaired) electrons. The first-order valence-corrected chi connectivity index (χ1v) is 9.00. The molecule has 0 N–H and O–H groups in total. The molecule has 0 bridgehead atoms. The van der Waals surface area contributed by atoms with E-state index in [2.05, 4.69) is 60.4 Å². The minimum absolute atomic E-state index is 0.233. The van der Waals surface area contributed by atoms with Crippen LogP contribution in [-0.4, -0.2) is 40.4 Å². The highest BCUT2D eigenvalue weighted by molar-refractivity contribution is 8.00. The zero-order valence-electron chi connectivity index (χ0n) is 13.8.